The van der Waals surface area contributed by atoms with E-state index in [2.05, 4.69) is 40.8 Å². The lowest BCUT2D eigenvalue weighted by molar-refractivity contribution is 0.226. The first-order chi connectivity index (χ1) is 10.3. The number of nitrogens with zero attached hydrogens (tertiary/aromatic N) is 2. The predicted molar refractivity (Wildman–Crippen MR) is 87.5 cm³/mol. The summed E-state index contributed by atoms with van der Waals surface area (Å²) in [5, 5.41) is 11.0. The van der Waals surface area contributed by atoms with Gasteiger partial charge in [-0.25, -0.2) is 0 Å². The topological polar surface area (TPSA) is 28.4 Å². The highest BCUT2D eigenvalue weighted by atomic mass is 16.3. The van der Waals surface area contributed by atoms with E-state index in [0.717, 1.165) is 12.1 Å². The van der Waals surface area contributed by atoms with E-state index < -0.39 is 0 Å². The Morgan fingerprint density at radius 2 is 1.86 bits per heavy atom. The molecular formula is C18H26N2O. The van der Waals surface area contributed by atoms with E-state index in [1.54, 1.807) is 0 Å². The fourth-order valence-corrected chi connectivity index (χ4v) is 3.67. The molecule has 1 aliphatic rings. The third kappa shape index (κ3) is 2.99. The Morgan fingerprint density at radius 3 is 2.62 bits per heavy atom. The second-order valence-electron chi connectivity index (χ2n) is 6.17. The standard InChI is InChI=1S/C18H26N2O/c1-19-17-10-4-3-8-15(17)16(18(19)14-21)9-7-13-20-11-5-2-6-12-20/h3-4,8,10,21H,2,5-7,9,11-14H2,1H3. The molecule has 21 heavy (non-hydrogen) atoms. The molecule has 0 bridgehead atoms. The minimum Gasteiger partial charge on any atom is -0.390 e. The molecule has 0 saturated carbocycles. The van der Waals surface area contributed by atoms with E-state index in [4.69, 9.17) is 0 Å². The van der Waals surface area contributed by atoms with Crippen LogP contribution < -0.4 is 0 Å². The van der Waals surface area contributed by atoms with Gasteiger partial charge in [-0.2, -0.15) is 0 Å². The van der Waals surface area contributed by atoms with E-state index in [9.17, 15) is 5.11 Å². The van der Waals surface area contributed by atoms with Crippen LogP contribution in [0.15, 0.2) is 24.3 Å². The summed E-state index contributed by atoms with van der Waals surface area (Å²) in [6.45, 7) is 3.85. The molecule has 1 saturated heterocycles. The van der Waals surface area contributed by atoms with Gasteiger partial charge in [-0.1, -0.05) is 24.6 Å². The summed E-state index contributed by atoms with van der Waals surface area (Å²) in [4.78, 5) is 2.59. The Balaban J connectivity index is 1.73. The Kier molecular flexibility index (Phi) is 4.61. The molecule has 1 aromatic heterocycles. The Labute approximate surface area is 127 Å². The van der Waals surface area contributed by atoms with Gasteiger partial charge in [-0.3, -0.25) is 0 Å². The van der Waals surface area contributed by atoms with Crippen LogP contribution in [-0.2, 0) is 20.1 Å². The first kappa shape index (κ1) is 14.6. The van der Waals surface area contributed by atoms with Crippen LogP contribution in [0.1, 0.15) is 36.9 Å². The molecule has 0 unspecified atom stereocenters. The molecule has 1 aliphatic heterocycles. The summed E-state index contributed by atoms with van der Waals surface area (Å²) in [7, 11) is 2.06. The minimum atomic E-state index is 0.129. The Hall–Kier alpha value is -1.32. The van der Waals surface area contributed by atoms with Crippen LogP contribution in [0.3, 0.4) is 0 Å². The lowest BCUT2D eigenvalue weighted by atomic mass is 10.0. The second-order valence-corrected chi connectivity index (χ2v) is 6.17. The molecule has 3 heteroatoms. The van der Waals surface area contributed by atoms with Crippen molar-refractivity contribution >= 4 is 10.9 Å². The number of hydrogen-bond donors (Lipinski definition) is 1. The van der Waals surface area contributed by atoms with Crippen molar-refractivity contribution in [3.63, 3.8) is 0 Å². The van der Waals surface area contributed by atoms with Crippen molar-refractivity contribution < 1.29 is 5.11 Å². The molecule has 0 amide bonds. The van der Waals surface area contributed by atoms with Crippen LogP contribution in [0.2, 0.25) is 0 Å². The van der Waals surface area contributed by atoms with Gasteiger partial charge in [0.1, 0.15) is 0 Å². The van der Waals surface area contributed by atoms with Gasteiger partial charge in [0.25, 0.3) is 0 Å². The number of piperidine rings is 1. The van der Waals surface area contributed by atoms with E-state index in [1.165, 1.54) is 61.8 Å². The summed E-state index contributed by atoms with van der Waals surface area (Å²) >= 11 is 0. The number of aromatic nitrogens is 1. The van der Waals surface area contributed by atoms with E-state index >= 15 is 0 Å². The van der Waals surface area contributed by atoms with Crippen LogP contribution in [0.25, 0.3) is 10.9 Å². The number of fused-ring (bicyclic) bond motifs is 1. The van der Waals surface area contributed by atoms with Crippen molar-refractivity contribution in [3.05, 3.63) is 35.5 Å². The molecular weight excluding hydrogens is 260 g/mol. The molecule has 3 rings (SSSR count). The van der Waals surface area contributed by atoms with Crippen molar-refractivity contribution in [2.45, 2.75) is 38.7 Å². The monoisotopic (exact) mass is 286 g/mol. The molecule has 0 radical (unpaired) electrons. The van der Waals surface area contributed by atoms with Gasteiger partial charge in [0.15, 0.2) is 0 Å². The van der Waals surface area contributed by atoms with E-state index in [-0.39, 0.29) is 6.61 Å². The second kappa shape index (κ2) is 6.63. The van der Waals surface area contributed by atoms with Crippen molar-refractivity contribution in [2.75, 3.05) is 19.6 Å². The van der Waals surface area contributed by atoms with E-state index in [1.807, 2.05) is 0 Å². The summed E-state index contributed by atoms with van der Waals surface area (Å²) in [6.07, 6.45) is 6.36. The number of aliphatic hydroxyl groups excluding tert-OH is 1. The maximum atomic E-state index is 9.72. The molecule has 0 aliphatic carbocycles. The zero-order chi connectivity index (χ0) is 14.7. The quantitative estimate of drug-likeness (QED) is 0.915. The van der Waals surface area contributed by atoms with Crippen molar-refractivity contribution in [3.8, 4) is 0 Å². The van der Waals surface area contributed by atoms with Crippen molar-refractivity contribution in [1.82, 2.24) is 9.47 Å². The van der Waals surface area contributed by atoms with Crippen molar-refractivity contribution in [1.29, 1.82) is 0 Å². The number of rotatable bonds is 5. The smallest absolute Gasteiger partial charge is 0.0835 e. The fraction of sp³-hybridized carbons (Fsp3) is 0.556. The fourth-order valence-electron chi connectivity index (χ4n) is 3.67. The predicted octanol–water partition coefficient (Wildman–Crippen LogP) is 3.09. The van der Waals surface area contributed by atoms with Gasteiger partial charge in [-0.05, 0) is 56.9 Å². The molecule has 1 fully saturated rings. The van der Waals surface area contributed by atoms with Gasteiger partial charge >= 0.3 is 0 Å². The van der Waals surface area contributed by atoms with Crippen LogP contribution in [0.4, 0.5) is 0 Å². The molecule has 3 nitrogen and oxygen atoms in total. The molecule has 2 aromatic rings. The van der Waals surface area contributed by atoms with Crippen LogP contribution in [0, 0.1) is 0 Å². The normalized spacial score (nSPS) is 16.7. The summed E-state index contributed by atoms with van der Waals surface area (Å²) in [6, 6.07) is 8.49. The number of benzene rings is 1. The number of aryl methyl sites for hydroxylation is 2. The number of hydrogen-bond acceptors (Lipinski definition) is 2. The average Bonchev–Trinajstić information content (AvgIpc) is 2.81. The summed E-state index contributed by atoms with van der Waals surface area (Å²) < 4.78 is 2.14. The van der Waals surface area contributed by atoms with Gasteiger partial charge in [-0.15, -0.1) is 0 Å². The largest absolute Gasteiger partial charge is 0.390 e. The molecule has 0 atom stereocenters. The molecule has 1 N–H and O–H groups in total. The average molecular weight is 286 g/mol. The molecule has 114 valence electrons. The van der Waals surface area contributed by atoms with Crippen molar-refractivity contribution in [2.24, 2.45) is 7.05 Å². The SMILES string of the molecule is Cn1c(CO)c(CCCN2CCCCC2)c2ccccc21. The minimum absolute atomic E-state index is 0.129. The zero-order valence-corrected chi connectivity index (χ0v) is 13.0. The van der Waals surface area contributed by atoms with Gasteiger partial charge in [0, 0.05) is 23.6 Å². The third-order valence-electron chi connectivity index (χ3n) is 4.84. The molecule has 0 spiro atoms. The highest BCUT2D eigenvalue weighted by Gasteiger charge is 2.15. The van der Waals surface area contributed by atoms with E-state index in [0.29, 0.717) is 0 Å². The highest BCUT2D eigenvalue weighted by molar-refractivity contribution is 5.85. The maximum Gasteiger partial charge on any atom is 0.0835 e. The van der Waals surface area contributed by atoms with Gasteiger partial charge in [0.05, 0.1) is 6.61 Å². The number of aliphatic hydroxyl groups is 1. The Morgan fingerprint density at radius 1 is 1.10 bits per heavy atom. The van der Waals surface area contributed by atoms with Gasteiger partial charge in [0.2, 0.25) is 0 Å². The maximum absolute atomic E-state index is 9.72. The lowest BCUT2D eigenvalue weighted by Gasteiger charge is -2.26. The number of likely N-dealkylation sites (tertiary alicyclic amines) is 1. The zero-order valence-electron chi connectivity index (χ0n) is 13.0. The van der Waals surface area contributed by atoms with Crippen LogP contribution in [-0.4, -0.2) is 34.2 Å². The first-order valence-electron chi connectivity index (χ1n) is 8.19. The van der Waals surface area contributed by atoms with Crippen LogP contribution >= 0.6 is 0 Å². The Bertz CT molecular complexity index is 597. The molecule has 1 aromatic carbocycles. The first-order valence-corrected chi connectivity index (χ1v) is 8.19. The van der Waals surface area contributed by atoms with Gasteiger partial charge < -0.3 is 14.6 Å². The van der Waals surface area contributed by atoms with Crippen LogP contribution in [0.5, 0.6) is 0 Å². The number of para-hydroxylation sites is 1. The highest BCUT2D eigenvalue weighted by Crippen LogP contribution is 2.26. The summed E-state index contributed by atoms with van der Waals surface area (Å²) in [5.41, 5.74) is 3.65. The lowest BCUT2D eigenvalue weighted by Crippen LogP contribution is -2.30. The third-order valence-corrected chi connectivity index (χ3v) is 4.84. The summed E-state index contributed by atoms with van der Waals surface area (Å²) in [5.74, 6) is 0. The molecule has 2 heterocycles.